The van der Waals surface area contributed by atoms with Gasteiger partial charge in [-0.1, -0.05) is 6.07 Å². The number of amides is 1. The molecule has 0 atom stereocenters. The molecule has 0 aliphatic carbocycles. The summed E-state index contributed by atoms with van der Waals surface area (Å²) in [5, 5.41) is 3.44. The Morgan fingerprint density at radius 2 is 2.00 bits per heavy atom. The summed E-state index contributed by atoms with van der Waals surface area (Å²) in [4.78, 5) is 14.1. The molecule has 0 unspecified atom stereocenters. The lowest BCUT2D eigenvalue weighted by atomic mass is 9.88. The van der Waals surface area contributed by atoms with Crippen molar-refractivity contribution in [2.24, 2.45) is 0 Å². The third kappa shape index (κ3) is 2.69. The van der Waals surface area contributed by atoms with E-state index in [1.807, 2.05) is 4.90 Å². The monoisotopic (exact) mass is 290 g/mol. The van der Waals surface area contributed by atoms with E-state index in [1.165, 1.54) is 22.3 Å². The molecule has 2 heterocycles. The van der Waals surface area contributed by atoms with Crippen LogP contribution in [-0.4, -0.2) is 32.2 Å². The number of carbonyl (C=O) groups is 1. The van der Waals surface area contributed by atoms with Crippen molar-refractivity contribution >= 4 is 11.6 Å². The molecule has 4 heteroatoms. The Morgan fingerprint density at radius 3 is 2.81 bits per heavy atom. The maximum Gasteiger partial charge on any atom is 0.227 e. The van der Waals surface area contributed by atoms with Gasteiger partial charge in [0.25, 0.3) is 0 Å². The third-order valence-corrected chi connectivity index (χ3v) is 4.67. The number of benzene rings is 1. The average Bonchev–Trinajstić information content (AvgIpc) is 2.72. The van der Waals surface area contributed by atoms with Crippen LogP contribution in [0.2, 0.25) is 0 Å². The van der Waals surface area contributed by atoms with Gasteiger partial charge in [-0.15, -0.1) is 0 Å². The first kappa shape index (κ1) is 14.5. The maximum absolute atomic E-state index is 12.5. The summed E-state index contributed by atoms with van der Waals surface area (Å²) in [6.45, 7) is 4.28. The van der Waals surface area contributed by atoms with Crippen molar-refractivity contribution in [3.05, 3.63) is 28.3 Å². The van der Waals surface area contributed by atoms with Gasteiger partial charge in [-0.25, -0.2) is 0 Å². The first-order chi connectivity index (χ1) is 10.2. The molecule has 2 aliphatic heterocycles. The van der Waals surface area contributed by atoms with Crippen molar-refractivity contribution < 1.29 is 9.18 Å². The van der Waals surface area contributed by atoms with Crippen LogP contribution in [0.15, 0.2) is 6.07 Å². The third-order valence-electron chi connectivity index (χ3n) is 4.67. The molecule has 1 N–H and O–H groups in total. The Labute approximate surface area is 125 Å². The van der Waals surface area contributed by atoms with E-state index in [1.54, 1.807) is 0 Å². The minimum atomic E-state index is -0.368. The zero-order chi connectivity index (χ0) is 14.8. The normalized spacial score (nSPS) is 18.2. The van der Waals surface area contributed by atoms with Gasteiger partial charge in [-0.2, -0.15) is 0 Å². The fourth-order valence-corrected chi connectivity index (χ4v) is 3.64. The van der Waals surface area contributed by atoms with E-state index in [4.69, 9.17) is 0 Å². The first-order valence-corrected chi connectivity index (χ1v) is 7.93. The number of carbonyl (C=O) groups excluding carboxylic acids is 1. The van der Waals surface area contributed by atoms with Gasteiger partial charge in [0.2, 0.25) is 5.91 Å². The SMILES string of the molecule is Cc1c2c(cc3c1N(CCCF)C(=O)CC3)CCNCC2. The number of nitrogens with zero attached hydrogens (tertiary/aromatic N) is 1. The zero-order valence-electron chi connectivity index (χ0n) is 12.7. The topological polar surface area (TPSA) is 32.3 Å². The minimum Gasteiger partial charge on any atom is -0.316 e. The zero-order valence-corrected chi connectivity index (χ0v) is 12.7. The summed E-state index contributed by atoms with van der Waals surface area (Å²) in [5.74, 6) is 0.144. The Balaban J connectivity index is 2.05. The highest BCUT2D eigenvalue weighted by atomic mass is 19.1. The van der Waals surface area contributed by atoms with Crippen molar-refractivity contribution in [2.45, 2.75) is 39.0 Å². The second-order valence-electron chi connectivity index (χ2n) is 5.98. The molecule has 0 spiro atoms. The fraction of sp³-hybridized carbons (Fsp3) is 0.588. The molecule has 0 radical (unpaired) electrons. The van der Waals surface area contributed by atoms with Gasteiger partial charge in [-0.3, -0.25) is 9.18 Å². The average molecular weight is 290 g/mol. The molecule has 3 rings (SSSR count). The Bertz CT molecular complexity index is 556. The van der Waals surface area contributed by atoms with Crippen LogP contribution in [-0.2, 0) is 24.1 Å². The van der Waals surface area contributed by atoms with Crippen LogP contribution in [0.1, 0.15) is 35.1 Å². The molecule has 1 aromatic carbocycles. The number of halogens is 1. The molecule has 1 aromatic rings. The Kier molecular flexibility index (Phi) is 4.24. The van der Waals surface area contributed by atoms with Crippen LogP contribution in [0, 0.1) is 6.92 Å². The number of hydrogen-bond donors (Lipinski definition) is 1. The van der Waals surface area contributed by atoms with Gasteiger partial charge in [0.1, 0.15) is 0 Å². The van der Waals surface area contributed by atoms with Gasteiger partial charge >= 0.3 is 0 Å². The molecule has 0 aromatic heterocycles. The van der Waals surface area contributed by atoms with Crippen molar-refractivity contribution in [3.8, 4) is 0 Å². The maximum atomic E-state index is 12.5. The van der Waals surface area contributed by atoms with E-state index in [2.05, 4.69) is 18.3 Å². The Hall–Kier alpha value is -1.42. The number of alkyl halides is 1. The van der Waals surface area contributed by atoms with Gasteiger partial charge in [0.05, 0.1) is 12.4 Å². The molecule has 0 fully saturated rings. The summed E-state index contributed by atoms with van der Waals surface area (Å²) in [5.41, 5.74) is 6.39. The van der Waals surface area contributed by atoms with Crippen molar-refractivity contribution in [3.63, 3.8) is 0 Å². The number of nitrogens with one attached hydrogen (secondary N) is 1. The first-order valence-electron chi connectivity index (χ1n) is 7.93. The summed E-state index contributed by atoms with van der Waals surface area (Å²) in [7, 11) is 0. The number of aryl methyl sites for hydroxylation is 1. The molecule has 0 bridgehead atoms. The lowest BCUT2D eigenvalue weighted by molar-refractivity contribution is -0.118. The van der Waals surface area contributed by atoms with E-state index in [9.17, 15) is 9.18 Å². The smallest absolute Gasteiger partial charge is 0.227 e. The minimum absolute atomic E-state index is 0.144. The van der Waals surface area contributed by atoms with Crippen LogP contribution in [0.4, 0.5) is 10.1 Å². The lowest BCUT2D eigenvalue weighted by Gasteiger charge is -2.32. The van der Waals surface area contributed by atoms with Crippen LogP contribution in [0.3, 0.4) is 0 Å². The molecule has 1 amide bonds. The van der Waals surface area contributed by atoms with Gasteiger partial charge in [0.15, 0.2) is 0 Å². The van der Waals surface area contributed by atoms with Gasteiger partial charge in [-0.05, 0) is 68.0 Å². The summed E-state index contributed by atoms with van der Waals surface area (Å²) >= 11 is 0. The second-order valence-corrected chi connectivity index (χ2v) is 5.98. The van der Waals surface area contributed by atoms with Gasteiger partial charge < -0.3 is 10.2 Å². The standard InChI is InChI=1S/C17H23FN2O/c1-12-15-6-9-19-8-5-13(15)11-14-3-4-16(21)20(17(12)14)10-2-7-18/h11,19H,2-10H2,1H3. The van der Waals surface area contributed by atoms with Crippen LogP contribution >= 0.6 is 0 Å². The molecule has 114 valence electrons. The van der Waals surface area contributed by atoms with Crippen molar-refractivity contribution in [2.75, 3.05) is 31.2 Å². The predicted octanol–water partition coefficient (Wildman–Crippen LogP) is 2.32. The fourth-order valence-electron chi connectivity index (χ4n) is 3.64. The lowest BCUT2D eigenvalue weighted by Crippen LogP contribution is -2.37. The van der Waals surface area contributed by atoms with Gasteiger partial charge in [0, 0.05) is 13.0 Å². The van der Waals surface area contributed by atoms with E-state index in [-0.39, 0.29) is 12.6 Å². The highest BCUT2D eigenvalue weighted by Crippen LogP contribution is 2.36. The number of rotatable bonds is 3. The largest absolute Gasteiger partial charge is 0.316 e. The van der Waals surface area contributed by atoms with E-state index in [0.717, 1.165) is 38.0 Å². The molecule has 2 aliphatic rings. The van der Waals surface area contributed by atoms with Crippen molar-refractivity contribution in [1.82, 2.24) is 5.32 Å². The summed E-state index contributed by atoms with van der Waals surface area (Å²) < 4.78 is 12.5. The molecule has 21 heavy (non-hydrogen) atoms. The van der Waals surface area contributed by atoms with Crippen LogP contribution < -0.4 is 10.2 Å². The molecular formula is C17H23FN2O. The Morgan fingerprint density at radius 1 is 1.19 bits per heavy atom. The number of anilines is 1. The van der Waals surface area contributed by atoms with Crippen molar-refractivity contribution in [1.29, 1.82) is 0 Å². The predicted molar refractivity (Wildman–Crippen MR) is 82.7 cm³/mol. The molecule has 3 nitrogen and oxygen atoms in total. The highest BCUT2D eigenvalue weighted by Gasteiger charge is 2.28. The van der Waals surface area contributed by atoms with Crippen LogP contribution in [0.5, 0.6) is 0 Å². The number of hydrogen-bond acceptors (Lipinski definition) is 2. The summed E-state index contributed by atoms with van der Waals surface area (Å²) in [6.07, 6.45) is 3.86. The van der Waals surface area contributed by atoms with E-state index in [0.29, 0.717) is 19.4 Å². The highest BCUT2D eigenvalue weighted by molar-refractivity contribution is 5.97. The molecule has 0 saturated heterocycles. The van der Waals surface area contributed by atoms with E-state index < -0.39 is 0 Å². The van der Waals surface area contributed by atoms with E-state index >= 15 is 0 Å². The number of fused-ring (bicyclic) bond motifs is 2. The summed E-state index contributed by atoms with van der Waals surface area (Å²) in [6, 6.07) is 2.29. The second kappa shape index (κ2) is 6.14. The van der Waals surface area contributed by atoms with Crippen LogP contribution in [0.25, 0.3) is 0 Å². The molecule has 0 saturated carbocycles. The quantitative estimate of drug-likeness (QED) is 0.926. The molecular weight excluding hydrogens is 267 g/mol.